The second-order valence-electron chi connectivity index (χ2n) is 6.25. The molecule has 4 rings (SSSR count). The quantitative estimate of drug-likeness (QED) is 0.734. The van der Waals surface area contributed by atoms with Crippen molar-refractivity contribution in [2.24, 2.45) is 5.73 Å². The number of benzene rings is 2. The molecule has 1 aromatic heterocycles. The number of nitrogens with two attached hydrogens (primary N) is 1. The SMILES string of the molecule is NC(=O)C1Cc2c([nH]c3ccccc23)CN1S(=O)(=O)c1ccc(F)cc1. The van der Waals surface area contributed by atoms with Crippen LogP contribution in [0.3, 0.4) is 0 Å². The number of hydrogen-bond acceptors (Lipinski definition) is 3. The molecule has 134 valence electrons. The molecule has 2 heterocycles. The minimum atomic E-state index is -4.01. The average Bonchev–Trinajstić information content (AvgIpc) is 2.98. The van der Waals surface area contributed by atoms with Gasteiger partial charge >= 0.3 is 0 Å². The van der Waals surface area contributed by atoms with Crippen LogP contribution in [0.1, 0.15) is 11.3 Å². The maximum absolute atomic E-state index is 13.1. The van der Waals surface area contributed by atoms with Crippen LogP contribution in [0.4, 0.5) is 4.39 Å². The standard InChI is InChI=1S/C18H16FN3O3S/c19-11-5-7-12(8-6-11)26(24,25)22-10-16-14(9-17(22)18(20)23)13-3-1-2-4-15(13)21-16/h1-8,17,21H,9-10H2,(H2,20,23). The Morgan fingerprint density at radius 2 is 1.85 bits per heavy atom. The van der Waals surface area contributed by atoms with Gasteiger partial charge in [-0.2, -0.15) is 4.31 Å². The van der Waals surface area contributed by atoms with Gasteiger partial charge in [-0.15, -0.1) is 0 Å². The summed E-state index contributed by atoms with van der Waals surface area (Å²) in [6.45, 7) is -0.00265. The molecule has 8 heteroatoms. The number of aromatic nitrogens is 1. The van der Waals surface area contributed by atoms with E-state index in [0.29, 0.717) is 0 Å². The number of H-pyrrole nitrogens is 1. The first-order valence-corrected chi connectivity index (χ1v) is 9.47. The fourth-order valence-electron chi connectivity index (χ4n) is 3.42. The molecule has 1 aliphatic heterocycles. The molecule has 1 unspecified atom stereocenters. The molecule has 1 atom stereocenters. The Balaban J connectivity index is 1.82. The number of fused-ring (bicyclic) bond motifs is 3. The fraction of sp³-hybridized carbons (Fsp3) is 0.167. The van der Waals surface area contributed by atoms with Crippen LogP contribution in [0.2, 0.25) is 0 Å². The number of carbonyl (C=O) groups is 1. The van der Waals surface area contributed by atoms with Crippen LogP contribution < -0.4 is 5.73 Å². The van der Waals surface area contributed by atoms with E-state index in [1.54, 1.807) is 0 Å². The third kappa shape index (κ3) is 2.58. The lowest BCUT2D eigenvalue weighted by Crippen LogP contribution is -2.50. The summed E-state index contributed by atoms with van der Waals surface area (Å²) < 4.78 is 40.3. The molecule has 1 aliphatic rings. The van der Waals surface area contributed by atoms with Crippen molar-refractivity contribution in [1.29, 1.82) is 0 Å². The second-order valence-corrected chi connectivity index (χ2v) is 8.14. The Bertz CT molecular complexity index is 1110. The number of carbonyl (C=O) groups excluding carboxylic acids is 1. The van der Waals surface area contributed by atoms with Gasteiger partial charge in [0.15, 0.2) is 0 Å². The van der Waals surface area contributed by atoms with Crippen molar-refractivity contribution < 1.29 is 17.6 Å². The van der Waals surface area contributed by atoms with Crippen molar-refractivity contribution >= 4 is 26.8 Å². The molecule has 2 aromatic carbocycles. The van der Waals surface area contributed by atoms with Gasteiger partial charge in [-0.05, 0) is 35.9 Å². The summed E-state index contributed by atoms with van der Waals surface area (Å²) in [6, 6.07) is 11.1. The first-order valence-electron chi connectivity index (χ1n) is 8.03. The van der Waals surface area contributed by atoms with Crippen molar-refractivity contribution in [1.82, 2.24) is 9.29 Å². The summed E-state index contributed by atoms with van der Waals surface area (Å²) in [7, 11) is -4.01. The zero-order valence-corrected chi connectivity index (χ0v) is 14.5. The number of primary amides is 1. The van der Waals surface area contributed by atoms with E-state index in [-0.39, 0.29) is 17.9 Å². The first kappa shape index (κ1) is 16.7. The summed E-state index contributed by atoms with van der Waals surface area (Å²) >= 11 is 0. The molecule has 0 saturated carbocycles. The van der Waals surface area contributed by atoms with E-state index in [9.17, 15) is 17.6 Å². The highest BCUT2D eigenvalue weighted by molar-refractivity contribution is 7.89. The summed E-state index contributed by atoms with van der Waals surface area (Å²) in [5.74, 6) is -1.25. The number of nitrogens with zero attached hydrogens (tertiary/aromatic N) is 1. The summed E-state index contributed by atoms with van der Waals surface area (Å²) in [5.41, 5.74) is 8.02. The number of para-hydroxylation sites is 1. The topological polar surface area (TPSA) is 96.3 Å². The van der Waals surface area contributed by atoms with Gasteiger partial charge in [0.25, 0.3) is 0 Å². The average molecular weight is 373 g/mol. The Morgan fingerprint density at radius 3 is 2.54 bits per heavy atom. The number of sulfonamides is 1. The van der Waals surface area contributed by atoms with Crippen LogP contribution in [0.5, 0.6) is 0 Å². The summed E-state index contributed by atoms with van der Waals surface area (Å²) in [4.78, 5) is 15.2. The number of nitrogens with one attached hydrogen (secondary N) is 1. The van der Waals surface area contributed by atoms with Crippen LogP contribution in [0, 0.1) is 5.82 Å². The van der Waals surface area contributed by atoms with Gasteiger partial charge in [-0.25, -0.2) is 12.8 Å². The monoisotopic (exact) mass is 373 g/mol. The molecule has 26 heavy (non-hydrogen) atoms. The van der Waals surface area contributed by atoms with E-state index in [1.807, 2.05) is 24.3 Å². The first-order chi connectivity index (χ1) is 12.4. The summed E-state index contributed by atoms with van der Waals surface area (Å²) in [5, 5.41) is 0.951. The smallest absolute Gasteiger partial charge is 0.244 e. The normalized spacial score (nSPS) is 18.0. The number of amides is 1. The van der Waals surface area contributed by atoms with Crippen LogP contribution in [0.15, 0.2) is 53.4 Å². The van der Waals surface area contributed by atoms with Crippen LogP contribution in [-0.4, -0.2) is 29.7 Å². The maximum atomic E-state index is 13.1. The molecule has 3 N–H and O–H groups in total. The minimum absolute atomic E-state index is 0.00265. The molecule has 0 radical (unpaired) electrons. The van der Waals surface area contributed by atoms with Crippen molar-refractivity contribution in [3.8, 4) is 0 Å². The molecule has 0 saturated heterocycles. The van der Waals surface area contributed by atoms with Crippen LogP contribution in [0.25, 0.3) is 10.9 Å². The number of rotatable bonds is 3. The molecule has 3 aromatic rings. The Kier molecular flexibility index (Phi) is 3.82. The lowest BCUT2D eigenvalue weighted by Gasteiger charge is -2.32. The van der Waals surface area contributed by atoms with Crippen molar-refractivity contribution in [2.75, 3.05) is 0 Å². The van der Waals surface area contributed by atoms with Gasteiger partial charge in [0.2, 0.25) is 15.9 Å². The van der Waals surface area contributed by atoms with Gasteiger partial charge in [-0.1, -0.05) is 18.2 Å². The zero-order chi connectivity index (χ0) is 18.5. The van der Waals surface area contributed by atoms with Gasteiger partial charge < -0.3 is 10.7 Å². The number of halogens is 1. The third-order valence-electron chi connectivity index (χ3n) is 4.71. The van der Waals surface area contributed by atoms with Gasteiger partial charge in [-0.3, -0.25) is 4.79 Å². The van der Waals surface area contributed by atoms with Crippen molar-refractivity contribution in [2.45, 2.75) is 23.9 Å². The molecule has 6 nitrogen and oxygen atoms in total. The summed E-state index contributed by atoms with van der Waals surface area (Å²) in [6.07, 6.45) is 0.190. The lowest BCUT2D eigenvalue weighted by atomic mass is 9.98. The second kappa shape index (κ2) is 5.93. The van der Waals surface area contributed by atoms with E-state index < -0.39 is 27.8 Å². The molecular weight excluding hydrogens is 357 g/mol. The Morgan fingerprint density at radius 1 is 1.15 bits per heavy atom. The lowest BCUT2D eigenvalue weighted by molar-refractivity contribution is -0.122. The van der Waals surface area contributed by atoms with E-state index in [0.717, 1.165) is 38.6 Å². The van der Waals surface area contributed by atoms with Gasteiger partial charge in [0.1, 0.15) is 11.9 Å². The highest BCUT2D eigenvalue weighted by Crippen LogP contribution is 2.33. The largest absolute Gasteiger partial charge is 0.368 e. The minimum Gasteiger partial charge on any atom is -0.368 e. The Hall–Kier alpha value is -2.71. The molecule has 0 bridgehead atoms. The van der Waals surface area contributed by atoms with Crippen LogP contribution in [-0.2, 0) is 27.8 Å². The van der Waals surface area contributed by atoms with E-state index >= 15 is 0 Å². The zero-order valence-electron chi connectivity index (χ0n) is 13.6. The van der Waals surface area contributed by atoms with E-state index in [1.165, 1.54) is 12.1 Å². The van der Waals surface area contributed by atoms with Crippen molar-refractivity contribution in [3.05, 3.63) is 65.6 Å². The van der Waals surface area contributed by atoms with Crippen LogP contribution >= 0.6 is 0 Å². The maximum Gasteiger partial charge on any atom is 0.244 e. The highest BCUT2D eigenvalue weighted by Gasteiger charge is 2.40. The van der Waals surface area contributed by atoms with E-state index in [2.05, 4.69) is 4.98 Å². The molecule has 0 spiro atoms. The third-order valence-corrected chi connectivity index (χ3v) is 6.58. The van der Waals surface area contributed by atoms with E-state index in [4.69, 9.17) is 5.73 Å². The predicted molar refractivity (Wildman–Crippen MR) is 94.1 cm³/mol. The van der Waals surface area contributed by atoms with Gasteiger partial charge in [0.05, 0.1) is 11.4 Å². The molecular formula is C18H16FN3O3S. The van der Waals surface area contributed by atoms with Gasteiger partial charge in [0, 0.05) is 23.0 Å². The number of aromatic amines is 1. The Labute approximate surface area is 149 Å². The number of hydrogen-bond donors (Lipinski definition) is 2. The molecule has 0 aliphatic carbocycles. The molecule has 1 amide bonds. The fourth-order valence-corrected chi connectivity index (χ4v) is 4.99. The predicted octanol–water partition coefficient (Wildman–Crippen LogP) is 1.91. The van der Waals surface area contributed by atoms with Crippen molar-refractivity contribution in [3.63, 3.8) is 0 Å². The molecule has 0 fully saturated rings. The highest BCUT2D eigenvalue weighted by atomic mass is 32.2.